The zero-order valence-corrected chi connectivity index (χ0v) is 10.8. The van der Waals surface area contributed by atoms with Gasteiger partial charge in [-0.2, -0.15) is 5.26 Å². The topological polar surface area (TPSA) is 23.8 Å². The van der Waals surface area contributed by atoms with Gasteiger partial charge in [0.2, 0.25) is 0 Å². The highest BCUT2D eigenvalue weighted by molar-refractivity contribution is 9.10. The summed E-state index contributed by atoms with van der Waals surface area (Å²) in [6, 6.07) is 4.09. The molecule has 1 heterocycles. The van der Waals surface area contributed by atoms with Crippen molar-refractivity contribution >= 4 is 43.9 Å². The Bertz CT molecular complexity index is 389. The minimum atomic E-state index is 0.580. The Hall–Kier alpha value is -0.300. The van der Waals surface area contributed by atoms with Gasteiger partial charge in [0.05, 0.1) is 16.0 Å². The van der Waals surface area contributed by atoms with E-state index in [0.29, 0.717) is 10.6 Å². The van der Waals surface area contributed by atoms with E-state index in [0.717, 1.165) is 22.2 Å². The maximum absolute atomic E-state index is 8.91. The molecule has 0 radical (unpaired) electrons. The monoisotopic (exact) mass is 289 g/mol. The Morgan fingerprint density at radius 3 is 2.86 bits per heavy atom. The van der Waals surface area contributed by atoms with Crippen molar-refractivity contribution in [3.05, 3.63) is 26.4 Å². The van der Waals surface area contributed by atoms with Gasteiger partial charge < -0.3 is 0 Å². The van der Waals surface area contributed by atoms with Crippen LogP contribution in [0.25, 0.3) is 5.03 Å². The number of rotatable bonds is 3. The molecule has 0 aliphatic carbocycles. The average Bonchev–Trinajstić information content (AvgIpc) is 2.59. The summed E-state index contributed by atoms with van der Waals surface area (Å²) < 4.78 is 0.955. The third-order valence-electron chi connectivity index (χ3n) is 1.72. The maximum Gasteiger partial charge on any atom is 0.0963 e. The van der Waals surface area contributed by atoms with Gasteiger partial charge in [-0.25, -0.2) is 0 Å². The Kier molecular flexibility index (Phi) is 4.67. The van der Waals surface area contributed by atoms with Crippen LogP contribution in [0.1, 0.15) is 24.6 Å². The number of hydrogen-bond donors (Lipinski definition) is 0. The molecule has 4 heteroatoms. The molecule has 1 aromatic rings. The smallest absolute Gasteiger partial charge is 0.0963 e. The molecule has 1 rings (SSSR count). The van der Waals surface area contributed by atoms with Crippen LogP contribution in [0.3, 0.4) is 0 Å². The molecule has 74 valence electrons. The summed E-state index contributed by atoms with van der Waals surface area (Å²) in [6.45, 7) is 2.03. The van der Waals surface area contributed by atoms with Crippen molar-refractivity contribution in [2.45, 2.75) is 19.8 Å². The second kappa shape index (κ2) is 5.55. The van der Waals surface area contributed by atoms with E-state index in [1.54, 1.807) is 0 Å². The van der Waals surface area contributed by atoms with Crippen LogP contribution in [0.15, 0.2) is 21.5 Å². The first-order chi connectivity index (χ1) is 6.70. The van der Waals surface area contributed by atoms with Gasteiger partial charge in [0.25, 0.3) is 0 Å². The van der Waals surface area contributed by atoms with E-state index in [4.69, 9.17) is 16.9 Å². The Morgan fingerprint density at radius 2 is 2.43 bits per heavy atom. The molecule has 1 nitrogen and oxygen atoms in total. The van der Waals surface area contributed by atoms with E-state index in [1.807, 2.05) is 18.4 Å². The molecular formula is C10H9BrClNS. The number of thiophene rings is 1. The lowest BCUT2D eigenvalue weighted by atomic mass is 10.1. The number of allylic oxidation sites excluding steroid dienone is 1. The van der Waals surface area contributed by atoms with Crippen molar-refractivity contribution in [1.82, 2.24) is 0 Å². The van der Waals surface area contributed by atoms with Crippen molar-refractivity contribution in [3.63, 3.8) is 0 Å². The molecule has 0 N–H and O–H groups in total. The van der Waals surface area contributed by atoms with Crippen molar-refractivity contribution in [1.29, 1.82) is 5.26 Å². The van der Waals surface area contributed by atoms with Crippen LogP contribution in [0.4, 0.5) is 0 Å². The number of halogens is 2. The number of hydrogen-bond acceptors (Lipinski definition) is 2. The summed E-state index contributed by atoms with van der Waals surface area (Å²) in [6.07, 6.45) is 1.67. The quantitative estimate of drug-likeness (QED) is 0.735. The summed E-state index contributed by atoms with van der Waals surface area (Å²) in [4.78, 5) is 0.941. The zero-order chi connectivity index (χ0) is 10.6. The fourth-order valence-corrected chi connectivity index (χ4v) is 3.07. The van der Waals surface area contributed by atoms with Crippen LogP contribution in [0, 0.1) is 11.3 Å². The number of nitrogens with zero attached hydrogens (tertiary/aromatic N) is 1. The fourth-order valence-electron chi connectivity index (χ4n) is 1.05. The van der Waals surface area contributed by atoms with Crippen LogP contribution in [-0.4, -0.2) is 0 Å². The second-order valence-corrected chi connectivity index (χ2v) is 4.90. The van der Waals surface area contributed by atoms with Gasteiger partial charge in [-0.3, -0.25) is 0 Å². The highest BCUT2D eigenvalue weighted by Crippen LogP contribution is 2.35. The van der Waals surface area contributed by atoms with Crippen molar-refractivity contribution in [3.8, 4) is 6.07 Å². The predicted octanol–water partition coefficient (Wildman–Crippen LogP) is 4.78. The molecular weight excluding hydrogens is 282 g/mol. The summed E-state index contributed by atoms with van der Waals surface area (Å²) in [5.74, 6) is 0. The van der Waals surface area contributed by atoms with Crippen LogP contribution < -0.4 is 0 Å². The molecule has 0 atom stereocenters. The van der Waals surface area contributed by atoms with E-state index >= 15 is 0 Å². The van der Waals surface area contributed by atoms with Gasteiger partial charge in [-0.1, -0.05) is 24.9 Å². The van der Waals surface area contributed by atoms with Crippen LogP contribution >= 0.6 is 38.9 Å². The van der Waals surface area contributed by atoms with Crippen LogP contribution in [0.5, 0.6) is 0 Å². The molecule has 0 spiro atoms. The molecule has 0 bridgehead atoms. The molecule has 0 amide bonds. The lowest BCUT2D eigenvalue weighted by molar-refractivity contribution is 0.933. The van der Waals surface area contributed by atoms with E-state index in [1.165, 1.54) is 11.3 Å². The highest BCUT2D eigenvalue weighted by atomic mass is 79.9. The van der Waals surface area contributed by atoms with Gasteiger partial charge in [0.1, 0.15) is 0 Å². The first kappa shape index (κ1) is 11.8. The molecule has 0 aliphatic rings. The molecule has 0 aromatic carbocycles. The van der Waals surface area contributed by atoms with Crippen LogP contribution in [-0.2, 0) is 0 Å². The Morgan fingerprint density at radius 1 is 1.71 bits per heavy atom. The van der Waals surface area contributed by atoms with E-state index in [-0.39, 0.29) is 0 Å². The minimum Gasteiger partial charge on any atom is -0.193 e. The molecule has 0 aliphatic heterocycles. The largest absolute Gasteiger partial charge is 0.193 e. The van der Waals surface area contributed by atoms with E-state index < -0.39 is 0 Å². The maximum atomic E-state index is 8.91. The van der Waals surface area contributed by atoms with Gasteiger partial charge in [0.15, 0.2) is 0 Å². The van der Waals surface area contributed by atoms with Crippen molar-refractivity contribution < 1.29 is 0 Å². The molecule has 0 saturated heterocycles. The molecule has 14 heavy (non-hydrogen) atoms. The van der Waals surface area contributed by atoms with E-state index in [9.17, 15) is 0 Å². The third-order valence-corrected chi connectivity index (χ3v) is 4.10. The zero-order valence-electron chi connectivity index (χ0n) is 7.68. The van der Waals surface area contributed by atoms with Gasteiger partial charge in [-0.15, -0.1) is 11.3 Å². The predicted molar refractivity (Wildman–Crippen MR) is 65.3 cm³/mol. The third kappa shape index (κ3) is 2.60. The Balaban J connectivity index is 3.09. The van der Waals surface area contributed by atoms with Crippen molar-refractivity contribution in [2.24, 2.45) is 0 Å². The average molecular weight is 291 g/mol. The summed E-state index contributed by atoms with van der Waals surface area (Å²) in [7, 11) is 0. The summed E-state index contributed by atoms with van der Waals surface area (Å²) >= 11 is 11.1. The standard InChI is InChI=1S/C10H9BrClNS/c1-2-3-7(6-13)9(12)10-8(11)4-5-14-10/h4-5H,2-3H2,1H3. The molecule has 1 aromatic heterocycles. The van der Waals surface area contributed by atoms with Crippen LogP contribution in [0.2, 0.25) is 0 Å². The second-order valence-electron chi connectivity index (χ2n) is 2.75. The highest BCUT2D eigenvalue weighted by Gasteiger charge is 2.10. The fraction of sp³-hybridized carbons (Fsp3) is 0.300. The number of nitriles is 1. The van der Waals surface area contributed by atoms with E-state index in [2.05, 4.69) is 22.0 Å². The van der Waals surface area contributed by atoms with Crippen molar-refractivity contribution in [2.75, 3.05) is 0 Å². The molecule has 0 saturated carbocycles. The first-order valence-corrected chi connectivity index (χ1v) is 6.27. The normalized spacial score (nSPS) is 12.1. The SMILES string of the molecule is CCCC(C#N)=C(Cl)c1sccc1Br. The lowest BCUT2D eigenvalue weighted by Gasteiger charge is -2.00. The van der Waals surface area contributed by atoms with Gasteiger partial charge in [0, 0.05) is 10.0 Å². The molecule has 0 unspecified atom stereocenters. The van der Waals surface area contributed by atoms with Gasteiger partial charge >= 0.3 is 0 Å². The Labute approximate surface area is 101 Å². The van der Waals surface area contributed by atoms with Gasteiger partial charge in [-0.05, 0) is 33.8 Å². The summed E-state index contributed by atoms with van der Waals surface area (Å²) in [5.41, 5.74) is 0.664. The lowest BCUT2D eigenvalue weighted by Crippen LogP contribution is -1.82. The first-order valence-electron chi connectivity index (χ1n) is 4.22. The summed E-state index contributed by atoms with van der Waals surface area (Å²) in [5, 5.41) is 11.4. The minimum absolute atomic E-state index is 0.580. The molecule has 0 fully saturated rings.